The predicted octanol–water partition coefficient (Wildman–Crippen LogP) is 19.3. The fourth-order valence-electron chi connectivity index (χ4n) is 7.57. The van der Waals surface area contributed by atoms with Crippen molar-refractivity contribution >= 4 is 17.9 Å². The molecule has 70 heavy (non-hydrogen) atoms. The number of ether oxygens (including phenoxy) is 3. The maximum Gasteiger partial charge on any atom is 0.306 e. The summed E-state index contributed by atoms with van der Waals surface area (Å²) in [6, 6.07) is 0. The predicted molar refractivity (Wildman–Crippen MR) is 302 cm³/mol. The Morgan fingerprint density at radius 2 is 0.657 bits per heavy atom. The standard InChI is InChI=1S/C64H104O6/c1-4-7-10-13-16-19-22-25-28-31-34-36-39-42-45-48-51-54-57-63(66)69-60-61(70-64(67)58-55-52-49-46-43-40-37-33-30-27-24-21-18-15-12-9-6-3)59-68-62(65)56-53-50-47-44-41-38-35-32-29-26-23-20-17-14-11-8-5-2/h9-10,12-13,16,18-19,21-22,25,27-28,30-31,34,36-37,40,46,49,61H,4-8,11,14-15,17,20,23-24,26,29,32-33,35,38-39,41-45,47-48,50-60H2,1-3H3/b12-9-,13-10-,19-16-,21-18-,25-22-,30-27-,31-28-,36-34-,40-37-,49-46-. The zero-order valence-corrected chi connectivity index (χ0v) is 45.2. The summed E-state index contributed by atoms with van der Waals surface area (Å²) in [6.45, 7) is 6.38. The van der Waals surface area contributed by atoms with Gasteiger partial charge >= 0.3 is 17.9 Å². The lowest BCUT2D eigenvalue weighted by molar-refractivity contribution is -0.167. The van der Waals surface area contributed by atoms with E-state index >= 15 is 0 Å². The van der Waals surface area contributed by atoms with Gasteiger partial charge in [-0.3, -0.25) is 14.4 Å². The van der Waals surface area contributed by atoms with Crippen LogP contribution in [0.15, 0.2) is 122 Å². The monoisotopic (exact) mass is 969 g/mol. The molecule has 0 aliphatic carbocycles. The average Bonchev–Trinajstić information content (AvgIpc) is 3.36. The third kappa shape index (κ3) is 54.7. The van der Waals surface area contributed by atoms with Crippen LogP contribution in [0.3, 0.4) is 0 Å². The van der Waals surface area contributed by atoms with E-state index in [0.717, 1.165) is 103 Å². The third-order valence-electron chi connectivity index (χ3n) is 11.8. The van der Waals surface area contributed by atoms with Crippen molar-refractivity contribution in [2.24, 2.45) is 0 Å². The second-order valence-electron chi connectivity index (χ2n) is 18.6. The largest absolute Gasteiger partial charge is 0.462 e. The molecule has 0 radical (unpaired) electrons. The van der Waals surface area contributed by atoms with Crippen molar-refractivity contribution in [2.45, 2.75) is 252 Å². The zero-order valence-electron chi connectivity index (χ0n) is 45.2. The summed E-state index contributed by atoms with van der Waals surface area (Å²) in [5.74, 6) is -0.995. The normalized spacial score (nSPS) is 13.0. The van der Waals surface area contributed by atoms with Crippen molar-refractivity contribution in [1.82, 2.24) is 0 Å². The SMILES string of the molecule is CC/C=C\C/C=C\C/C=C\C/C=C\C/C=C\CCCC(=O)OC(COC(=O)CCCCCCC\C=C/C=C\C=C/C=C\C=C/CCC)COC(=O)CCCCCCCCCCCCCCCCCCC. The minimum Gasteiger partial charge on any atom is -0.462 e. The van der Waals surface area contributed by atoms with Crippen LogP contribution in [0.25, 0.3) is 0 Å². The fourth-order valence-corrected chi connectivity index (χ4v) is 7.57. The molecule has 0 rings (SSSR count). The Morgan fingerprint density at radius 1 is 0.314 bits per heavy atom. The van der Waals surface area contributed by atoms with Gasteiger partial charge < -0.3 is 14.2 Å². The van der Waals surface area contributed by atoms with Gasteiger partial charge in [0.1, 0.15) is 13.2 Å². The van der Waals surface area contributed by atoms with E-state index in [1.54, 1.807) is 0 Å². The van der Waals surface area contributed by atoms with E-state index in [2.05, 4.69) is 118 Å². The van der Waals surface area contributed by atoms with Crippen LogP contribution in [0.2, 0.25) is 0 Å². The third-order valence-corrected chi connectivity index (χ3v) is 11.8. The van der Waals surface area contributed by atoms with E-state index in [4.69, 9.17) is 14.2 Å². The van der Waals surface area contributed by atoms with E-state index in [0.29, 0.717) is 19.3 Å². The van der Waals surface area contributed by atoms with Crippen molar-refractivity contribution in [3.8, 4) is 0 Å². The van der Waals surface area contributed by atoms with Crippen LogP contribution in [-0.4, -0.2) is 37.2 Å². The Balaban J connectivity index is 4.53. The van der Waals surface area contributed by atoms with Gasteiger partial charge in [0.25, 0.3) is 0 Å². The minimum absolute atomic E-state index is 0.110. The molecule has 0 N–H and O–H groups in total. The Kier molecular flexibility index (Phi) is 54.0. The number of hydrogen-bond acceptors (Lipinski definition) is 6. The Labute approximate surface area is 431 Å². The minimum atomic E-state index is -0.821. The van der Waals surface area contributed by atoms with Crippen LogP contribution in [-0.2, 0) is 28.6 Å². The molecule has 0 aromatic rings. The molecule has 0 aliphatic heterocycles. The van der Waals surface area contributed by atoms with E-state index < -0.39 is 6.10 Å². The molecule has 1 atom stereocenters. The molecule has 0 spiro atoms. The zero-order chi connectivity index (χ0) is 50.7. The van der Waals surface area contributed by atoms with Crippen molar-refractivity contribution in [2.75, 3.05) is 13.2 Å². The van der Waals surface area contributed by atoms with Gasteiger partial charge in [0.2, 0.25) is 0 Å². The van der Waals surface area contributed by atoms with E-state index in [1.165, 1.54) is 96.3 Å². The van der Waals surface area contributed by atoms with Gasteiger partial charge in [-0.15, -0.1) is 0 Å². The average molecular weight is 970 g/mol. The molecule has 0 aromatic heterocycles. The summed E-state index contributed by atoms with van der Waals surface area (Å²) in [4.78, 5) is 38.2. The lowest BCUT2D eigenvalue weighted by Gasteiger charge is -2.18. The number of unbranched alkanes of at least 4 members (excludes halogenated alkanes) is 23. The first kappa shape index (κ1) is 65.8. The number of allylic oxidation sites excluding steroid dienone is 20. The summed E-state index contributed by atoms with van der Waals surface area (Å²) in [7, 11) is 0. The molecule has 1 unspecified atom stereocenters. The van der Waals surface area contributed by atoms with Gasteiger partial charge in [-0.25, -0.2) is 0 Å². The summed E-state index contributed by atoms with van der Waals surface area (Å²) in [6.07, 6.45) is 79.0. The van der Waals surface area contributed by atoms with Crippen LogP contribution >= 0.6 is 0 Å². The van der Waals surface area contributed by atoms with Crippen LogP contribution < -0.4 is 0 Å². The maximum atomic E-state index is 12.8. The molecule has 0 saturated carbocycles. The molecule has 0 aromatic carbocycles. The summed E-state index contributed by atoms with van der Waals surface area (Å²) >= 11 is 0. The number of hydrogen-bond donors (Lipinski definition) is 0. The summed E-state index contributed by atoms with van der Waals surface area (Å²) in [5, 5.41) is 0. The van der Waals surface area contributed by atoms with Crippen molar-refractivity contribution in [3.05, 3.63) is 122 Å². The number of rotatable bonds is 50. The number of carbonyl (C=O) groups is 3. The maximum absolute atomic E-state index is 12.8. The molecule has 396 valence electrons. The molecule has 0 heterocycles. The highest BCUT2D eigenvalue weighted by Crippen LogP contribution is 2.15. The van der Waals surface area contributed by atoms with E-state index in [9.17, 15) is 14.4 Å². The van der Waals surface area contributed by atoms with Crippen LogP contribution in [0, 0.1) is 0 Å². The fraction of sp³-hybridized carbons (Fsp3) is 0.641. The lowest BCUT2D eigenvalue weighted by atomic mass is 10.0. The van der Waals surface area contributed by atoms with Crippen LogP contribution in [0.5, 0.6) is 0 Å². The number of carbonyl (C=O) groups excluding carboxylic acids is 3. The van der Waals surface area contributed by atoms with Crippen molar-refractivity contribution in [3.63, 3.8) is 0 Å². The van der Waals surface area contributed by atoms with Crippen LogP contribution in [0.1, 0.15) is 245 Å². The van der Waals surface area contributed by atoms with Gasteiger partial charge in [0.15, 0.2) is 6.10 Å². The molecule has 0 fully saturated rings. The van der Waals surface area contributed by atoms with Crippen molar-refractivity contribution < 1.29 is 28.6 Å². The Bertz CT molecular complexity index is 1490. The first-order valence-electron chi connectivity index (χ1n) is 28.6. The van der Waals surface area contributed by atoms with E-state index in [-0.39, 0.29) is 37.5 Å². The highest BCUT2D eigenvalue weighted by molar-refractivity contribution is 5.71. The van der Waals surface area contributed by atoms with Gasteiger partial charge in [0, 0.05) is 19.3 Å². The molecule has 0 amide bonds. The molecular formula is C64H104O6. The molecular weight excluding hydrogens is 865 g/mol. The second kappa shape index (κ2) is 57.4. The van der Waals surface area contributed by atoms with Gasteiger partial charge in [-0.05, 0) is 77.0 Å². The van der Waals surface area contributed by atoms with Crippen LogP contribution in [0.4, 0.5) is 0 Å². The smallest absolute Gasteiger partial charge is 0.306 e. The number of esters is 3. The molecule has 0 saturated heterocycles. The molecule has 6 nitrogen and oxygen atoms in total. The molecule has 0 aliphatic rings. The van der Waals surface area contributed by atoms with E-state index in [1.807, 2.05) is 24.3 Å². The van der Waals surface area contributed by atoms with Gasteiger partial charge in [-0.1, -0.05) is 271 Å². The quantitative estimate of drug-likeness (QED) is 0.0199. The van der Waals surface area contributed by atoms with Gasteiger partial charge in [0.05, 0.1) is 0 Å². The molecule has 0 bridgehead atoms. The first-order valence-corrected chi connectivity index (χ1v) is 28.6. The lowest BCUT2D eigenvalue weighted by Crippen LogP contribution is -2.30. The van der Waals surface area contributed by atoms with Gasteiger partial charge in [-0.2, -0.15) is 0 Å². The Morgan fingerprint density at radius 3 is 1.09 bits per heavy atom. The summed E-state index contributed by atoms with van der Waals surface area (Å²) in [5.41, 5.74) is 0. The Hall–Kier alpha value is -4.19. The highest BCUT2D eigenvalue weighted by Gasteiger charge is 2.19. The summed E-state index contributed by atoms with van der Waals surface area (Å²) < 4.78 is 16.8. The highest BCUT2D eigenvalue weighted by atomic mass is 16.6. The molecule has 6 heteroatoms. The second-order valence-corrected chi connectivity index (χ2v) is 18.6. The topological polar surface area (TPSA) is 78.9 Å². The first-order chi connectivity index (χ1) is 34.5. The van der Waals surface area contributed by atoms with Crippen molar-refractivity contribution in [1.29, 1.82) is 0 Å².